The third kappa shape index (κ3) is 4.64. The molecule has 0 fully saturated rings. The number of aromatic nitrogens is 3. The normalized spacial score (nSPS) is 10.9. The first kappa shape index (κ1) is 16.6. The number of pyridine rings is 1. The third-order valence-corrected chi connectivity index (χ3v) is 3.89. The Morgan fingerprint density at radius 1 is 1.16 bits per heavy atom. The van der Waals surface area contributed by atoms with E-state index in [1.54, 1.807) is 18.5 Å². The first-order valence-electron chi connectivity index (χ1n) is 8.17. The lowest BCUT2D eigenvalue weighted by molar-refractivity contribution is -0.116. The molecule has 0 saturated heterocycles. The van der Waals surface area contributed by atoms with Crippen LogP contribution in [0.4, 0.5) is 0 Å². The quantitative estimate of drug-likeness (QED) is 0.706. The van der Waals surface area contributed by atoms with Crippen molar-refractivity contribution in [1.82, 2.24) is 20.1 Å². The number of nitrogens with one attached hydrogen (secondary N) is 1. The Morgan fingerprint density at radius 3 is 2.76 bits per heavy atom. The second-order valence-corrected chi connectivity index (χ2v) is 5.71. The minimum atomic E-state index is -0.107. The summed E-state index contributed by atoms with van der Waals surface area (Å²) in [5.74, 6) is -0.107. The van der Waals surface area contributed by atoms with Crippen LogP contribution >= 0.6 is 0 Å². The number of carbonyl (C=O) groups is 1. The van der Waals surface area contributed by atoms with Crippen molar-refractivity contribution in [2.24, 2.45) is 0 Å². The summed E-state index contributed by atoms with van der Waals surface area (Å²) in [6.07, 6.45) is 10.7. The number of hydrogen-bond donors (Lipinski definition) is 1. The lowest BCUT2D eigenvalue weighted by Gasteiger charge is -2.03. The first-order chi connectivity index (χ1) is 12.2. The molecular weight excluding hydrogens is 312 g/mol. The zero-order valence-electron chi connectivity index (χ0n) is 14.1. The van der Waals surface area contributed by atoms with Crippen LogP contribution in [0.2, 0.25) is 0 Å². The zero-order valence-corrected chi connectivity index (χ0v) is 14.1. The van der Waals surface area contributed by atoms with E-state index in [0.29, 0.717) is 13.1 Å². The van der Waals surface area contributed by atoms with E-state index in [9.17, 15) is 4.79 Å². The van der Waals surface area contributed by atoms with Gasteiger partial charge < -0.3 is 5.32 Å². The topological polar surface area (TPSA) is 59.8 Å². The van der Waals surface area contributed by atoms with E-state index in [1.165, 1.54) is 0 Å². The molecule has 25 heavy (non-hydrogen) atoms. The van der Waals surface area contributed by atoms with E-state index in [-0.39, 0.29) is 5.91 Å². The van der Waals surface area contributed by atoms with Crippen LogP contribution < -0.4 is 5.32 Å². The highest BCUT2D eigenvalue weighted by Crippen LogP contribution is 2.16. The van der Waals surface area contributed by atoms with Gasteiger partial charge in [-0.1, -0.05) is 24.3 Å². The monoisotopic (exact) mass is 332 g/mol. The Morgan fingerprint density at radius 2 is 1.96 bits per heavy atom. The minimum Gasteiger partial charge on any atom is -0.351 e. The summed E-state index contributed by atoms with van der Waals surface area (Å²) in [6.45, 7) is 3.17. The van der Waals surface area contributed by atoms with Crippen LogP contribution in [0.15, 0.2) is 67.3 Å². The Bertz CT molecular complexity index is 868. The molecule has 2 aromatic heterocycles. The maximum Gasteiger partial charge on any atom is 0.244 e. The second kappa shape index (κ2) is 8.06. The number of rotatable bonds is 6. The molecule has 5 nitrogen and oxygen atoms in total. The fourth-order valence-corrected chi connectivity index (χ4v) is 2.47. The fourth-order valence-electron chi connectivity index (χ4n) is 2.47. The van der Waals surface area contributed by atoms with Gasteiger partial charge in [-0.25, -0.2) is 0 Å². The number of nitrogens with zero attached hydrogens (tertiary/aromatic N) is 3. The molecule has 1 amide bonds. The highest BCUT2D eigenvalue weighted by molar-refractivity contribution is 5.91. The number of carbonyl (C=O) groups excluding carboxylic acids is 1. The van der Waals surface area contributed by atoms with Gasteiger partial charge in [-0.2, -0.15) is 5.10 Å². The van der Waals surface area contributed by atoms with Gasteiger partial charge >= 0.3 is 0 Å². The van der Waals surface area contributed by atoms with Gasteiger partial charge in [0.1, 0.15) is 0 Å². The molecule has 2 heterocycles. The summed E-state index contributed by atoms with van der Waals surface area (Å²) in [5, 5.41) is 7.19. The van der Waals surface area contributed by atoms with Crippen LogP contribution in [0.5, 0.6) is 0 Å². The first-order valence-corrected chi connectivity index (χ1v) is 8.17. The van der Waals surface area contributed by atoms with Crippen molar-refractivity contribution in [3.8, 4) is 11.1 Å². The molecule has 1 N–H and O–H groups in total. The Hall–Kier alpha value is -3.21. The molecule has 0 aliphatic heterocycles. The number of hydrogen-bond acceptors (Lipinski definition) is 3. The van der Waals surface area contributed by atoms with Crippen LogP contribution in [-0.4, -0.2) is 27.2 Å². The molecule has 0 radical (unpaired) electrons. The zero-order chi connectivity index (χ0) is 17.5. The van der Waals surface area contributed by atoms with Crippen molar-refractivity contribution in [2.75, 3.05) is 6.54 Å². The summed E-state index contributed by atoms with van der Waals surface area (Å²) in [6, 6.07) is 11.8. The number of amides is 1. The average molecular weight is 332 g/mol. The second-order valence-electron chi connectivity index (χ2n) is 5.71. The summed E-state index contributed by atoms with van der Waals surface area (Å²) in [4.78, 5) is 15.9. The van der Waals surface area contributed by atoms with Gasteiger partial charge in [0.15, 0.2) is 0 Å². The van der Waals surface area contributed by atoms with E-state index in [1.807, 2.05) is 66.5 Å². The Labute approximate surface area is 147 Å². The van der Waals surface area contributed by atoms with Crippen molar-refractivity contribution in [2.45, 2.75) is 13.5 Å². The van der Waals surface area contributed by atoms with Crippen LogP contribution in [0.25, 0.3) is 17.2 Å². The van der Waals surface area contributed by atoms with Crippen LogP contribution in [0.1, 0.15) is 11.1 Å². The van der Waals surface area contributed by atoms with E-state index in [2.05, 4.69) is 15.4 Å². The Kier molecular flexibility index (Phi) is 5.36. The van der Waals surface area contributed by atoms with Crippen molar-refractivity contribution >= 4 is 12.0 Å². The van der Waals surface area contributed by atoms with Gasteiger partial charge in [0.2, 0.25) is 5.91 Å². The molecule has 0 bridgehead atoms. The lowest BCUT2D eigenvalue weighted by Crippen LogP contribution is -2.25. The van der Waals surface area contributed by atoms with Crippen molar-refractivity contribution in [1.29, 1.82) is 0 Å². The molecule has 0 spiro atoms. The van der Waals surface area contributed by atoms with Gasteiger partial charge in [0.25, 0.3) is 0 Å². The smallest absolute Gasteiger partial charge is 0.244 e. The fraction of sp³-hybridized carbons (Fsp3) is 0.150. The average Bonchev–Trinajstić information content (AvgIpc) is 3.11. The minimum absolute atomic E-state index is 0.107. The molecule has 0 unspecified atom stereocenters. The molecule has 126 valence electrons. The van der Waals surface area contributed by atoms with Gasteiger partial charge in [0, 0.05) is 36.8 Å². The number of aryl methyl sites for hydroxylation is 1. The van der Waals surface area contributed by atoms with Crippen LogP contribution in [0.3, 0.4) is 0 Å². The highest BCUT2D eigenvalue weighted by Gasteiger charge is 2.02. The van der Waals surface area contributed by atoms with Crippen molar-refractivity contribution in [3.05, 3.63) is 78.4 Å². The molecular formula is C20H20N4O. The summed E-state index contributed by atoms with van der Waals surface area (Å²) >= 11 is 0. The summed E-state index contributed by atoms with van der Waals surface area (Å²) < 4.78 is 1.82. The van der Waals surface area contributed by atoms with E-state index in [0.717, 1.165) is 22.3 Å². The number of benzene rings is 1. The predicted molar refractivity (Wildman–Crippen MR) is 98.7 cm³/mol. The van der Waals surface area contributed by atoms with E-state index in [4.69, 9.17) is 0 Å². The SMILES string of the molecule is Cc1ccccc1C=CC(=O)NCCn1cc(-c2ccncc2)cn1. The van der Waals surface area contributed by atoms with Gasteiger partial charge in [-0.05, 0) is 41.8 Å². The summed E-state index contributed by atoms with van der Waals surface area (Å²) in [7, 11) is 0. The molecule has 0 saturated carbocycles. The van der Waals surface area contributed by atoms with Crippen LogP contribution in [0, 0.1) is 6.92 Å². The summed E-state index contributed by atoms with van der Waals surface area (Å²) in [5.41, 5.74) is 4.30. The van der Waals surface area contributed by atoms with Gasteiger partial charge in [-0.3, -0.25) is 14.5 Å². The maximum atomic E-state index is 11.9. The van der Waals surface area contributed by atoms with E-state index >= 15 is 0 Å². The molecule has 0 aliphatic rings. The standard InChI is InChI=1S/C20H20N4O/c1-16-4-2-3-5-17(16)6-7-20(25)22-12-13-24-15-19(14-23-24)18-8-10-21-11-9-18/h2-11,14-15H,12-13H2,1H3,(H,22,25). The van der Waals surface area contributed by atoms with E-state index < -0.39 is 0 Å². The van der Waals surface area contributed by atoms with Crippen molar-refractivity contribution in [3.63, 3.8) is 0 Å². The van der Waals surface area contributed by atoms with Gasteiger partial charge in [-0.15, -0.1) is 0 Å². The third-order valence-electron chi connectivity index (χ3n) is 3.89. The molecule has 5 heteroatoms. The molecule has 3 rings (SSSR count). The molecule has 0 aliphatic carbocycles. The van der Waals surface area contributed by atoms with Crippen LogP contribution in [-0.2, 0) is 11.3 Å². The Balaban J connectivity index is 1.49. The predicted octanol–water partition coefficient (Wildman–Crippen LogP) is 3.08. The van der Waals surface area contributed by atoms with Crippen molar-refractivity contribution < 1.29 is 4.79 Å². The molecule has 3 aromatic rings. The molecule has 0 atom stereocenters. The largest absolute Gasteiger partial charge is 0.351 e. The highest BCUT2D eigenvalue weighted by atomic mass is 16.1. The lowest BCUT2D eigenvalue weighted by atomic mass is 10.1. The van der Waals surface area contributed by atoms with Gasteiger partial charge in [0.05, 0.1) is 12.7 Å². The maximum absolute atomic E-state index is 11.9. The molecule has 1 aromatic carbocycles.